The molecule has 1 aromatic rings. The van der Waals surface area contributed by atoms with E-state index in [1.807, 2.05) is 34.6 Å². The van der Waals surface area contributed by atoms with Gasteiger partial charge >= 0.3 is 0 Å². The smallest absolute Gasteiger partial charge is 0.125 e. The van der Waals surface area contributed by atoms with E-state index in [1.165, 1.54) is 75.0 Å². The number of carbonyl (C=O) groups is 2. The fourth-order valence-corrected chi connectivity index (χ4v) is 5.37. The van der Waals surface area contributed by atoms with Gasteiger partial charge in [-0.2, -0.15) is 0 Å². The first-order valence-electron chi connectivity index (χ1n) is 19.2. The summed E-state index contributed by atoms with van der Waals surface area (Å²) >= 11 is 0. The molecular weight excluding hydrogens is 580 g/mol. The number of hydrogen-bond acceptors (Lipinski definition) is 4. The topological polar surface area (TPSA) is 52.6 Å². The first kappa shape index (κ1) is 52.0. The minimum atomic E-state index is -0.0227. The third kappa shape index (κ3) is 30.0. The lowest BCUT2D eigenvalue weighted by atomic mass is 9.85. The summed E-state index contributed by atoms with van der Waals surface area (Å²) in [4.78, 5) is 18.0. The summed E-state index contributed by atoms with van der Waals surface area (Å²) in [6.07, 6.45) is 16.6. The van der Waals surface area contributed by atoms with Gasteiger partial charge in [-0.25, -0.2) is 0 Å². The van der Waals surface area contributed by atoms with Gasteiger partial charge in [-0.05, 0) is 93.7 Å². The van der Waals surface area contributed by atoms with Gasteiger partial charge in [0, 0.05) is 12.0 Å². The Labute approximate surface area is 296 Å². The van der Waals surface area contributed by atoms with Crippen LogP contribution in [-0.2, 0) is 16.0 Å². The summed E-state index contributed by atoms with van der Waals surface area (Å²) in [7, 11) is 1.77. The van der Waals surface area contributed by atoms with Gasteiger partial charge in [-0.1, -0.05) is 135 Å². The van der Waals surface area contributed by atoms with E-state index in [0.717, 1.165) is 61.1 Å². The van der Waals surface area contributed by atoms with Gasteiger partial charge in [0.25, 0.3) is 0 Å². The highest BCUT2D eigenvalue weighted by Crippen LogP contribution is 2.42. The second kappa shape index (κ2) is 31.4. The van der Waals surface area contributed by atoms with Crippen LogP contribution < -0.4 is 9.47 Å². The van der Waals surface area contributed by atoms with E-state index in [0.29, 0.717) is 11.8 Å². The number of hydrogen-bond donors (Lipinski definition) is 0. The lowest BCUT2D eigenvalue weighted by molar-refractivity contribution is -0.107. The Kier molecular flexibility index (Phi) is 34.8. The zero-order chi connectivity index (χ0) is 37.6. The molecule has 1 aromatic carbocycles. The van der Waals surface area contributed by atoms with Gasteiger partial charge in [0.15, 0.2) is 0 Å². The predicted octanol–water partition coefficient (Wildman–Crippen LogP) is 13.7. The molecular formula is C43H84O4. The first-order chi connectivity index (χ1) is 22.0. The molecule has 3 unspecified atom stereocenters. The molecule has 2 rings (SSSR count). The predicted molar refractivity (Wildman–Crippen MR) is 210 cm³/mol. The average molecular weight is 665 g/mol. The molecule has 0 amide bonds. The summed E-state index contributed by atoms with van der Waals surface area (Å²) in [5.74, 6) is 4.69. The molecule has 1 aliphatic rings. The van der Waals surface area contributed by atoms with E-state index in [4.69, 9.17) is 14.3 Å². The van der Waals surface area contributed by atoms with Gasteiger partial charge < -0.3 is 19.1 Å². The van der Waals surface area contributed by atoms with Crippen molar-refractivity contribution in [2.24, 2.45) is 23.2 Å². The highest BCUT2D eigenvalue weighted by molar-refractivity contribution is 5.53. The summed E-state index contributed by atoms with van der Waals surface area (Å²) in [6, 6.07) is 2.18. The fourth-order valence-electron chi connectivity index (χ4n) is 5.37. The number of carbonyl (C=O) groups excluding carboxylic acids is 2. The molecule has 0 fully saturated rings. The average Bonchev–Trinajstić information content (AvgIpc) is 2.98. The molecule has 280 valence electrons. The van der Waals surface area contributed by atoms with Gasteiger partial charge in [0.05, 0.1) is 7.11 Å². The lowest BCUT2D eigenvalue weighted by Crippen LogP contribution is -2.36. The maximum Gasteiger partial charge on any atom is 0.125 e. The van der Waals surface area contributed by atoms with Crippen LogP contribution in [0.2, 0.25) is 0 Å². The summed E-state index contributed by atoms with van der Waals surface area (Å²) < 4.78 is 12.2. The monoisotopic (exact) mass is 665 g/mol. The molecule has 0 saturated heterocycles. The Hall–Kier alpha value is -1.84. The van der Waals surface area contributed by atoms with E-state index in [-0.39, 0.29) is 5.60 Å². The fraction of sp³-hybridized carbons (Fsp3) is 0.814. The van der Waals surface area contributed by atoms with Crippen molar-refractivity contribution >= 4 is 12.6 Å². The molecule has 47 heavy (non-hydrogen) atoms. The third-order valence-electron chi connectivity index (χ3n) is 7.70. The van der Waals surface area contributed by atoms with Crippen LogP contribution in [0.5, 0.6) is 11.5 Å². The Morgan fingerprint density at radius 2 is 1.28 bits per heavy atom. The number of rotatable bonds is 14. The normalized spacial score (nSPS) is 15.7. The molecule has 1 heterocycles. The van der Waals surface area contributed by atoms with E-state index in [1.54, 1.807) is 7.11 Å². The largest absolute Gasteiger partial charge is 0.496 e. The van der Waals surface area contributed by atoms with Crippen molar-refractivity contribution in [3.8, 4) is 11.5 Å². The highest BCUT2D eigenvalue weighted by Gasteiger charge is 2.33. The Morgan fingerprint density at radius 3 is 1.66 bits per heavy atom. The summed E-state index contributed by atoms with van der Waals surface area (Å²) in [5.41, 5.74) is 4.25. The number of ether oxygens (including phenoxy) is 2. The molecule has 0 aliphatic carbocycles. The van der Waals surface area contributed by atoms with Crippen molar-refractivity contribution in [2.75, 3.05) is 7.11 Å². The van der Waals surface area contributed by atoms with Crippen LogP contribution in [0.1, 0.15) is 191 Å². The summed E-state index contributed by atoms with van der Waals surface area (Å²) in [5, 5.41) is 0. The number of methoxy groups -OCH3 is 1. The van der Waals surface area contributed by atoms with Crippen LogP contribution in [-0.4, -0.2) is 25.3 Å². The van der Waals surface area contributed by atoms with Gasteiger partial charge in [0.2, 0.25) is 0 Å². The number of benzene rings is 1. The third-order valence-corrected chi connectivity index (χ3v) is 7.70. The molecule has 0 N–H and O–H groups in total. The standard InChI is InChI=1S/C29H50O2.C5H12.C3H6O.C2H4O.2C2H6/c1-21(2)12-9-13-22(3)14-10-15-23(4)16-11-18-29(7)19-17-26-25(6)28(30-8)24(5)20-27(26)31-29;1-5(2,3)4;1-2-3-4;1-2-3;2*1-2/h20-23H,9-19H2,1-8H3;1-4H3;3H,2H2,1H3;2H,1H3;2*1-2H3. The zero-order valence-electron chi connectivity index (χ0n) is 35.1. The van der Waals surface area contributed by atoms with Crippen molar-refractivity contribution in [2.45, 2.75) is 200 Å². The maximum absolute atomic E-state index is 9.17. The first-order valence-corrected chi connectivity index (χ1v) is 19.2. The SMILES string of the molecule is CC.CC.CC(C)(C)C.CC=O.CCC=O.COc1c(C)cc2c(c1C)CCC(C)(CCCC(C)CCCC(C)CCCC(C)C)O2. The van der Waals surface area contributed by atoms with Gasteiger partial charge in [-0.3, -0.25) is 0 Å². The van der Waals surface area contributed by atoms with Crippen molar-refractivity contribution in [3.63, 3.8) is 0 Å². The molecule has 4 heteroatoms. The molecule has 0 spiro atoms. The molecule has 4 nitrogen and oxygen atoms in total. The van der Waals surface area contributed by atoms with E-state index in [2.05, 4.69) is 82.2 Å². The van der Waals surface area contributed by atoms with Crippen LogP contribution in [0.25, 0.3) is 0 Å². The molecule has 0 bridgehead atoms. The minimum absolute atomic E-state index is 0.0227. The second-order valence-corrected chi connectivity index (χ2v) is 15.0. The van der Waals surface area contributed by atoms with Crippen molar-refractivity contribution in [1.29, 1.82) is 0 Å². The zero-order valence-corrected chi connectivity index (χ0v) is 35.1. The molecule has 1 aliphatic heterocycles. The van der Waals surface area contributed by atoms with Crippen LogP contribution in [0.15, 0.2) is 6.07 Å². The van der Waals surface area contributed by atoms with Gasteiger partial charge in [-0.15, -0.1) is 0 Å². The van der Waals surface area contributed by atoms with Crippen molar-refractivity contribution < 1.29 is 19.1 Å². The van der Waals surface area contributed by atoms with Crippen LogP contribution in [0.4, 0.5) is 0 Å². The van der Waals surface area contributed by atoms with Crippen LogP contribution >= 0.6 is 0 Å². The Bertz CT molecular complexity index is 862. The quantitative estimate of drug-likeness (QED) is 0.186. The molecule has 0 saturated carbocycles. The Balaban J connectivity index is -0.000000485. The van der Waals surface area contributed by atoms with E-state index < -0.39 is 0 Å². The van der Waals surface area contributed by atoms with Gasteiger partial charge in [0.1, 0.15) is 29.7 Å². The van der Waals surface area contributed by atoms with E-state index >= 15 is 0 Å². The number of aryl methyl sites for hydroxylation is 1. The number of fused-ring (bicyclic) bond motifs is 1. The number of aldehydes is 2. The Morgan fingerprint density at radius 1 is 0.872 bits per heavy atom. The molecule has 0 radical (unpaired) electrons. The van der Waals surface area contributed by atoms with Crippen LogP contribution in [0, 0.1) is 37.0 Å². The summed E-state index contributed by atoms with van der Waals surface area (Å²) in [6.45, 7) is 36.2. The van der Waals surface area contributed by atoms with Crippen molar-refractivity contribution in [3.05, 3.63) is 22.8 Å². The van der Waals surface area contributed by atoms with Crippen molar-refractivity contribution in [1.82, 2.24) is 0 Å². The highest BCUT2D eigenvalue weighted by atomic mass is 16.5. The minimum Gasteiger partial charge on any atom is -0.496 e. The van der Waals surface area contributed by atoms with E-state index in [9.17, 15) is 4.79 Å². The second-order valence-electron chi connectivity index (χ2n) is 15.0. The molecule has 0 aromatic heterocycles. The maximum atomic E-state index is 9.17. The van der Waals surface area contributed by atoms with Crippen LogP contribution in [0.3, 0.4) is 0 Å². The lowest BCUT2D eigenvalue weighted by Gasteiger charge is -2.37. The molecule has 3 atom stereocenters.